The van der Waals surface area contributed by atoms with Crippen molar-refractivity contribution in [3.8, 4) is 22.8 Å². The lowest BCUT2D eigenvalue weighted by molar-refractivity contribution is -0.139. The maximum Gasteiger partial charge on any atom is 0.338 e. The molecule has 0 saturated heterocycles. The highest BCUT2D eigenvalue weighted by molar-refractivity contribution is 9.10. The number of esters is 1. The highest BCUT2D eigenvalue weighted by atomic mass is 79.9. The Hall–Kier alpha value is -3.89. The van der Waals surface area contributed by atoms with Crippen LogP contribution in [0.2, 0.25) is 0 Å². The second kappa shape index (κ2) is 10.0. The number of aromatic nitrogens is 1. The van der Waals surface area contributed by atoms with Crippen LogP contribution in [0, 0.1) is 6.92 Å². The molecule has 2 aliphatic heterocycles. The molecule has 2 aliphatic rings. The van der Waals surface area contributed by atoms with Crippen LogP contribution >= 0.6 is 27.3 Å². The van der Waals surface area contributed by atoms with Crippen molar-refractivity contribution in [2.75, 3.05) is 13.4 Å². The first-order valence-corrected chi connectivity index (χ1v) is 13.9. The van der Waals surface area contributed by atoms with Gasteiger partial charge in [0, 0.05) is 16.1 Å². The lowest BCUT2D eigenvalue weighted by Crippen LogP contribution is -2.39. The summed E-state index contributed by atoms with van der Waals surface area (Å²) >= 11 is 4.84. The zero-order valence-corrected chi connectivity index (χ0v) is 23.7. The number of allylic oxidation sites excluding steroid dienone is 1. The molecule has 1 unspecified atom stereocenters. The molecule has 0 bridgehead atoms. The molecule has 1 atom stereocenters. The first-order chi connectivity index (χ1) is 18.8. The molecule has 0 aliphatic carbocycles. The van der Waals surface area contributed by atoms with Crippen molar-refractivity contribution in [1.82, 2.24) is 4.57 Å². The average Bonchev–Trinajstić information content (AvgIpc) is 3.63. The summed E-state index contributed by atoms with van der Waals surface area (Å²) in [5, 5.41) is 0. The molecular weight excluding hydrogens is 584 g/mol. The molecule has 0 saturated carbocycles. The molecule has 2 aromatic heterocycles. The summed E-state index contributed by atoms with van der Waals surface area (Å²) in [7, 11) is 0. The van der Waals surface area contributed by atoms with Crippen LogP contribution in [0.15, 0.2) is 78.5 Å². The van der Waals surface area contributed by atoms with E-state index in [0.717, 1.165) is 15.6 Å². The maximum absolute atomic E-state index is 13.8. The van der Waals surface area contributed by atoms with Crippen LogP contribution in [0.1, 0.15) is 36.8 Å². The molecule has 6 rings (SSSR count). The third-order valence-electron chi connectivity index (χ3n) is 6.52. The van der Waals surface area contributed by atoms with Crippen LogP contribution in [-0.2, 0) is 9.53 Å². The van der Waals surface area contributed by atoms with Crippen molar-refractivity contribution in [2.24, 2.45) is 4.99 Å². The van der Waals surface area contributed by atoms with Crippen molar-refractivity contribution in [3.63, 3.8) is 0 Å². The number of fused-ring (bicyclic) bond motifs is 2. The Bertz CT molecular complexity index is 1850. The summed E-state index contributed by atoms with van der Waals surface area (Å²) in [6.45, 7) is 5.83. The van der Waals surface area contributed by atoms with Gasteiger partial charge in [0.2, 0.25) is 6.79 Å². The number of halogens is 1. The van der Waals surface area contributed by atoms with E-state index in [1.54, 1.807) is 32.1 Å². The summed E-state index contributed by atoms with van der Waals surface area (Å²) in [5.74, 6) is 1.86. The Kier molecular flexibility index (Phi) is 6.52. The van der Waals surface area contributed by atoms with Gasteiger partial charge in [-0.3, -0.25) is 9.36 Å². The predicted molar refractivity (Wildman–Crippen MR) is 150 cm³/mol. The van der Waals surface area contributed by atoms with Gasteiger partial charge in [-0.2, -0.15) is 0 Å². The SMILES string of the molecule is CCOC(=O)C1=C(C)N=c2s/c(=C\c3ccc(-c4ccc(C)cc4Br)o3)c(=O)n2C1c1ccc2c(c1)OCO2. The fourth-order valence-corrected chi connectivity index (χ4v) is 6.43. The number of furan rings is 1. The van der Waals surface area contributed by atoms with Crippen LogP contribution in [0.25, 0.3) is 17.4 Å². The van der Waals surface area contributed by atoms with Crippen LogP contribution in [0.4, 0.5) is 0 Å². The van der Waals surface area contributed by atoms with E-state index in [4.69, 9.17) is 18.6 Å². The number of rotatable bonds is 5. The van der Waals surface area contributed by atoms with Crippen molar-refractivity contribution >= 4 is 39.3 Å². The van der Waals surface area contributed by atoms with Crippen LogP contribution in [0.3, 0.4) is 0 Å². The first-order valence-electron chi connectivity index (χ1n) is 12.3. The zero-order valence-electron chi connectivity index (χ0n) is 21.3. The molecule has 0 N–H and O–H groups in total. The molecule has 198 valence electrons. The van der Waals surface area contributed by atoms with Gasteiger partial charge in [-0.1, -0.05) is 39.4 Å². The van der Waals surface area contributed by atoms with Crippen molar-refractivity contribution in [3.05, 3.63) is 101 Å². The van der Waals surface area contributed by atoms with E-state index in [1.807, 2.05) is 43.3 Å². The zero-order chi connectivity index (χ0) is 27.3. The minimum atomic E-state index is -0.743. The lowest BCUT2D eigenvalue weighted by Gasteiger charge is -2.24. The molecule has 0 fully saturated rings. The Morgan fingerprint density at radius 1 is 1.15 bits per heavy atom. The molecule has 2 aromatic carbocycles. The summed E-state index contributed by atoms with van der Waals surface area (Å²) < 4.78 is 25.4. The standard InChI is InChI=1S/C29H23BrN2O6S/c1-4-35-28(34)25-16(3)31-29-32(26(25)17-6-9-22-23(12-17)37-14-36-22)27(33)24(39-29)13-18-7-10-21(38-18)19-8-5-15(2)11-20(19)30/h5-13,26H,4,14H2,1-3H3/b24-13-. The molecule has 0 spiro atoms. The monoisotopic (exact) mass is 606 g/mol. The minimum absolute atomic E-state index is 0.117. The average molecular weight is 607 g/mol. The van der Waals surface area contributed by atoms with Gasteiger partial charge < -0.3 is 18.6 Å². The number of ether oxygens (including phenoxy) is 3. The van der Waals surface area contributed by atoms with Gasteiger partial charge in [0.1, 0.15) is 11.5 Å². The third-order valence-corrected chi connectivity index (χ3v) is 8.16. The second-order valence-corrected chi connectivity index (χ2v) is 11.0. The lowest BCUT2D eigenvalue weighted by atomic mass is 9.95. The van der Waals surface area contributed by atoms with Gasteiger partial charge in [-0.15, -0.1) is 0 Å². The molecule has 10 heteroatoms. The normalized spacial score (nSPS) is 16.3. The van der Waals surface area contributed by atoms with E-state index < -0.39 is 12.0 Å². The van der Waals surface area contributed by atoms with E-state index in [-0.39, 0.29) is 19.0 Å². The summed E-state index contributed by atoms with van der Waals surface area (Å²) in [6.07, 6.45) is 1.70. The van der Waals surface area contributed by atoms with E-state index >= 15 is 0 Å². The number of nitrogens with zero attached hydrogens (tertiary/aromatic N) is 2. The molecule has 0 amide bonds. The van der Waals surface area contributed by atoms with Gasteiger partial charge in [0.15, 0.2) is 16.3 Å². The fourth-order valence-electron chi connectivity index (χ4n) is 4.71. The third kappa shape index (κ3) is 4.53. The fraction of sp³-hybridized carbons (Fsp3) is 0.207. The van der Waals surface area contributed by atoms with E-state index in [9.17, 15) is 9.59 Å². The van der Waals surface area contributed by atoms with Crippen LogP contribution < -0.4 is 24.4 Å². The van der Waals surface area contributed by atoms with Gasteiger partial charge in [0.25, 0.3) is 5.56 Å². The number of benzene rings is 2. The van der Waals surface area contributed by atoms with E-state index in [1.165, 1.54) is 15.9 Å². The van der Waals surface area contributed by atoms with Crippen molar-refractivity contribution in [2.45, 2.75) is 26.8 Å². The molecule has 4 heterocycles. The molecular formula is C29H23BrN2O6S. The maximum atomic E-state index is 13.8. The van der Waals surface area contributed by atoms with Gasteiger partial charge in [-0.25, -0.2) is 9.79 Å². The summed E-state index contributed by atoms with van der Waals surface area (Å²) in [5.41, 5.74) is 3.25. The number of thiazole rings is 1. The first kappa shape index (κ1) is 25.4. The number of hydrogen-bond acceptors (Lipinski definition) is 8. The number of aryl methyl sites for hydroxylation is 1. The highest BCUT2D eigenvalue weighted by Gasteiger charge is 2.34. The number of carbonyl (C=O) groups excluding carboxylic acids is 1. The Labute approximate surface area is 235 Å². The number of hydrogen-bond donors (Lipinski definition) is 0. The Morgan fingerprint density at radius 3 is 2.77 bits per heavy atom. The molecule has 4 aromatic rings. The van der Waals surface area contributed by atoms with Gasteiger partial charge in [0.05, 0.1) is 28.5 Å². The number of carbonyl (C=O) groups is 1. The van der Waals surface area contributed by atoms with Crippen molar-refractivity contribution in [1.29, 1.82) is 0 Å². The van der Waals surface area contributed by atoms with Gasteiger partial charge >= 0.3 is 5.97 Å². The largest absolute Gasteiger partial charge is 0.463 e. The quantitative estimate of drug-likeness (QED) is 0.301. The molecule has 0 radical (unpaired) electrons. The predicted octanol–water partition coefficient (Wildman–Crippen LogP) is 4.86. The van der Waals surface area contributed by atoms with E-state index in [2.05, 4.69) is 20.9 Å². The Morgan fingerprint density at radius 2 is 1.97 bits per heavy atom. The highest BCUT2D eigenvalue weighted by Crippen LogP contribution is 2.38. The Balaban J connectivity index is 1.48. The van der Waals surface area contributed by atoms with Crippen LogP contribution in [0.5, 0.6) is 11.5 Å². The van der Waals surface area contributed by atoms with Gasteiger partial charge in [-0.05, 0) is 68.3 Å². The van der Waals surface area contributed by atoms with Crippen LogP contribution in [-0.4, -0.2) is 23.9 Å². The summed E-state index contributed by atoms with van der Waals surface area (Å²) in [6, 6.07) is 14.4. The molecule has 8 nitrogen and oxygen atoms in total. The summed E-state index contributed by atoms with van der Waals surface area (Å²) in [4.78, 5) is 32.0. The van der Waals surface area contributed by atoms with E-state index in [0.29, 0.717) is 49.2 Å². The topological polar surface area (TPSA) is 92.3 Å². The second-order valence-electron chi connectivity index (χ2n) is 9.10. The minimum Gasteiger partial charge on any atom is -0.463 e. The molecule has 39 heavy (non-hydrogen) atoms. The van der Waals surface area contributed by atoms with Crippen molar-refractivity contribution < 1.29 is 23.4 Å². The smallest absolute Gasteiger partial charge is 0.338 e.